The van der Waals surface area contributed by atoms with Gasteiger partial charge in [0, 0.05) is 5.70 Å². The van der Waals surface area contributed by atoms with Crippen LogP contribution in [-0.4, -0.2) is 36.6 Å². The number of ether oxygens (including phenoxy) is 1. The number of allylic oxidation sites excluding steroid dienone is 1. The highest BCUT2D eigenvalue weighted by atomic mass is 32.1. The fourth-order valence-corrected chi connectivity index (χ4v) is 2.85. The Hall–Kier alpha value is -2.36. The summed E-state index contributed by atoms with van der Waals surface area (Å²) in [5, 5.41) is 5.09. The van der Waals surface area contributed by atoms with E-state index in [0.29, 0.717) is 0 Å². The van der Waals surface area contributed by atoms with E-state index in [1.165, 1.54) is 17.5 Å². The van der Waals surface area contributed by atoms with Crippen LogP contribution in [0.4, 0.5) is 13.2 Å². The first-order valence-corrected chi connectivity index (χ1v) is 7.07. The van der Waals surface area contributed by atoms with Gasteiger partial charge in [0.1, 0.15) is 5.57 Å². The van der Waals surface area contributed by atoms with Gasteiger partial charge in [0.2, 0.25) is 5.54 Å². The van der Waals surface area contributed by atoms with Crippen molar-refractivity contribution in [1.29, 1.82) is 0 Å². The fraction of sp³-hybridized carbons (Fsp3) is 0.308. The van der Waals surface area contributed by atoms with E-state index in [2.05, 4.69) is 4.74 Å². The smallest absolute Gasteiger partial charge is 0.425 e. The minimum Gasteiger partial charge on any atom is -0.466 e. The number of amides is 2. The molecular weight excluding hydrogens is 337 g/mol. The molecule has 124 valence electrons. The van der Waals surface area contributed by atoms with Crippen molar-refractivity contribution >= 4 is 29.1 Å². The molecule has 1 aliphatic rings. The van der Waals surface area contributed by atoms with Crippen LogP contribution in [0.1, 0.15) is 16.6 Å². The molecule has 2 heterocycles. The van der Waals surface area contributed by atoms with Gasteiger partial charge in [-0.1, -0.05) is 6.07 Å². The van der Waals surface area contributed by atoms with Crippen molar-refractivity contribution < 1.29 is 32.3 Å². The van der Waals surface area contributed by atoms with E-state index in [0.717, 1.165) is 25.4 Å². The van der Waals surface area contributed by atoms with Crippen LogP contribution in [0.15, 0.2) is 28.8 Å². The Balaban J connectivity index is 2.57. The number of hydrogen-bond donors (Lipinski definition) is 2. The summed E-state index contributed by atoms with van der Waals surface area (Å²) in [5.74, 6) is -4.04. The van der Waals surface area contributed by atoms with Crippen LogP contribution in [0.3, 0.4) is 0 Å². The molecule has 0 aromatic carbocycles. The molecule has 23 heavy (non-hydrogen) atoms. The van der Waals surface area contributed by atoms with Crippen LogP contribution in [0.25, 0.3) is 0 Å². The first-order chi connectivity index (χ1) is 10.6. The van der Waals surface area contributed by atoms with Crippen molar-refractivity contribution in [3.05, 3.63) is 33.7 Å². The average molecular weight is 348 g/mol. The van der Waals surface area contributed by atoms with Crippen molar-refractivity contribution in [2.75, 3.05) is 7.11 Å². The van der Waals surface area contributed by atoms with E-state index in [1.54, 1.807) is 5.32 Å². The quantitative estimate of drug-likeness (QED) is 0.808. The van der Waals surface area contributed by atoms with Crippen molar-refractivity contribution in [2.45, 2.75) is 18.6 Å². The molecule has 0 radical (unpaired) electrons. The van der Waals surface area contributed by atoms with Crippen molar-refractivity contribution in [2.24, 2.45) is 0 Å². The molecule has 0 fully saturated rings. The number of halogens is 3. The number of carbonyl (C=O) groups is 3. The molecule has 0 bridgehead atoms. The summed E-state index contributed by atoms with van der Waals surface area (Å²) in [5.41, 5.74) is -4.81. The molecule has 0 unspecified atom stereocenters. The largest absolute Gasteiger partial charge is 0.466 e. The number of thiophene rings is 1. The third-order valence-corrected chi connectivity index (χ3v) is 4.12. The van der Waals surface area contributed by atoms with Gasteiger partial charge >= 0.3 is 12.1 Å². The number of carbonyl (C=O) groups excluding carboxylic acids is 3. The molecule has 10 heteroatoms. The Bertz CT molecular complexity index is 697. The zero-order valence-corrected chi connectivity index (χ0v) is 12.7. The normalized spacial score (nSPS) is 21.2. The minimum atomic E-state index is -5.24. The summed E-state index contributed by atoms with van der Waals surface area (Å²) < 4.78 is 45.4. The van der Waals surface area contributed by atoms with Gasteiger partial charge in [-0.25, -0.2) is 4.79 Å². The third-order valence-electron chi connectivity index (χ3n) is 3.25. The highest BCUT2D eigenvalue weighted by molar-refractivity contribution is 7.12. The summed E-state index contributed by atoms with van der Waals surface area (Å²) in [6.07, 6.45) is -5.24. The number of alkyl halides is 3. The molecule has 2 rings (SSSR count). The lowest BCUT2D eigenvalue weighted by Crippen LogP contribution is -2.65. The second kappa shape index (κ2) is 5.69. The second-order valence-corrected chi connectivity index (χ2v) is 5.57. The van der Waals surface area contributed by atoms with E-state index in [4.69, 9.17) is 0 Å². The molecule has 1 aromatic heterocycles. The summed E-state index contributed by atoms with van der Waals surface area (Å²) in [4.78, 5) is 35.8. The Morgan fingerprint density at radius 1 is 1.39 bits per heavy atom. The van der Waals surface area contributed by atoms with E-state index >= 15 is 0 Å². The number of rotatable bonds is 3. The van der Waals surface area contributed by atoms with Crippen molar-refractivity contribution in [3.63, 3.8) is 0 Å². The van der Waals surface area contributed by atoms with E-state index in [-0.39, 0.29) is 10.6 Å². The molecule has 2 amide bonds. The van der Waals surface area contributed by atoms with Gasteiger partial charge in [-0.2, -0.15) is 13.2 Å². The third kappa shape index (κ3) is 2.58. The summed E-state index contributed by atoms with van der Waals surface area (Å²) >= 11 is 0.898. The van der Waals surface area contributed by atoms with Gasteiger partial charge in [-0.15, -0.1) is 11.3 Å². The Kier molecular flexibility index (Phi) is 4.20. The minimum absolute atomic E-state index is 0.0322. The number of nitrogens with one attached hydrogen (secondary N) is 2. The van der Waals surface area contributed by atoms with Crippen LogP contribution >= 0.6 is 11.3 Å². The van der Waals surface area contributed by atoms with E-state index in [9.17, 15) is 27.6 Å². The molecule has 0 saturated carbocycles. The lowest BCUT2D eigenvalue weighted by atomic mass is 9.89. The van der Waals surface area contributed by atoms with Gasteiger partial charge in [0.15, 0.2) is 0 Å². The number of methoxy groups -OCH3 is 1. The van der Waals surface area contributed by atoms with Crippen molar-refractivity contribution in [3.8, 4) is 0 Å². The molecule has 1 aromatic rings. The first-order valence-electron chi connectivity index (χ1n) is 6.19. The lowest BCUT2D eigenvalue weighted by molar-refractivity contribution is -0.188. The van der Waals surface area contributed by atoms with Crippen LogP contribution in [-0.2, 0) is 14.3 Å². The van der Waals surface area contributed by atoms with Crippen LogP contribution < -0.4 is 10.6 Å². The lowest BCUT2D eigenvalue weighted by Gasteiger charge is -2.31. The number of esters is 1. The maximum atomic E-state index is 13.7. The zero-order valence-electron chi connectivity index (χ0n) is 11.9. The molecular formula is C13H11F3N2O4S. The van der Waals surface area contributed by atoms with Gasteiger partial charge in [0.25, 0.3) is 11.8 Å². The Morgan fingerprint density at radius 3 is 2.52 bits per heavy atom. The highest BCUT2D eigenvalue weighted by Crippen LogP contribution is 2.41. The zero-order chi connectivity index (χ0) is 17.4. The maximum absolute atomic E-state index is 13.7. The predicted molar refractivity (Wildman–Crippen MR) is 73.4 cm³/mol. The van der Waals surface area contributed by atoms with Crippen LogP contribution in [0.5, 0.6) is 0 Å². The number of hydrogen-bond acceptors (Lipinski definition) is 5. The predicted octanol–water partition coefficient (Wildman–Crippen LogP) is 1.36. The van der Waals surface area contributed by atoms with Gasteiger partial charge in [0.05, 0.1) is 12.0 Å². The Labute approximate surface area is 132 Å². The standard InChI is InChI=1S/C13H11F3N2O4S/c1-6-8(10(20)22-2)12(11(21)17-6,13(14,15)16)18-9(19)7-4-3-5-23-7/h3-5H,1-2H3,(H,17,21)(H,18,19)/t12-/m0/s1. The molecule has 6 nitrogen and oxygen atoms in total. The molecule has 0 saturated heterocycles. The average Bonchev–Trinajstić information content (AvgIpc) is 3.05. The van der Waals surface area contributed by atoms with Crippen LogP contribution in [0.2, 0.25) is 0 Å². The monoisotopic (exact) mass is 348 g/mol. The fourth-order valence-electron chi connectivity index (χ4n) is 2.23. The molecule has 0 spiro atoms. The summed E-state index contributed by atoms with van der Waals surface area (Å²) in [6, 6.07) is 2.77. The van der Waals surface area contributed by atoms with Crippen LogP contribution in [0, 0.1) is 0 Å². The molecule has 1 atom stereocenters. The van der Waals surface area contributed by atoms with E-state index in [1.807, 2.05) is 5.32 Å². The highest BCUT2D eigenvalue weighted by Gasteiger charge is 2.69. The summed E-state index contributed by atoms with van der Waals surface area (Å²) in [7, 11) is 0.883. The maximum Gasteiger partial charge on any atom is 0.425 e. The van der Waals surface area contributed by atoms with Crippen molar-refractivity contribution in [1.82, 2.24) is 10.6 Å². The van der Waals surface area contributed by atoms with Gasteiger partial charge in [-0.05, 0) is 18.4 Å². The molecule has 1 aliphatic heterocycles. The topological polar surface area (TPSA) is 84.5 Å². The SMILES string of the molecule is COC(=O)C1=C(C)NC(=O)[C@]1(NC(=O)c1cccs1)C(F)(F)F. The Morgan fingerprint density at radius 2 is 2.04 bits per heavy atom. The van der Waals surface area contributed by atoms with Gasteiger partial charge in [-0.3, -0.25) is 9.59 Å². The molecule has 0 aliphatic carbocycles. The van der Waals surface area contributed by atoms with E-state index < -0.39 is 35.1 Å². The second-order valence-electron chi connectivity index (χ2n) is 4.62. The van der Waals surface area contributed by atoms with Gasteiger partial charge < -0.3 is 15.4 Å². The first kappa shape index (κ1) is 17.0. The molecule has 2 N–H and O–H groups in total. The summed E-state index contributed by atoms with van der Waals surface area (Å²) in [6.45, 7) is 1.12.